The highest BCUT2D eigenvalue weighted by Gasteiger charge is 2.37. The van der Waals surface area contributed by atoms with Gasteiger partial charge in [-0.2, -0.15) is 10.4 Å². The van der Waals surface area contributed by atoms with Gasteiger partial charge in [-0.3, -0.25) is 0 Å². The van der Waals surface area contributed by atoms with E-state index >= 15 is 0 Å². The Hall–Kier alpha value is -4.12. The fourth-order valence-corrected chi connectivity index (χ4v) is 4.18. The number of nitrogens with two attached hydrogens (primary N) is 1. The molecule has 0 amide bonds. The van der Waals surface area contributed by atoms with Crippen LogP contribution in [0.25, 0.3) is 5.69 Å². The van der Waals surface area contributed by atoms with Gasteiger partial charge in [-0.15, -0.1) is 0 Å². The maximum absolute atomic E-state index is 10.0. The zero-order chi connectivity index (χ0) is 23.5. The van der Waals surface area contributed by atoms with E-state index in [1.165, 1.54) is 0 Å². The van der Waals surface area contributed by atoms with Gasteiger partial charge in [0.2, 0.25) is 17.5 Å². The Bertz CT molecular complexity index is 1220. The molecule has 0 saturated heterocycles. The van der Waals surface area contributed by atoms with Crippen LogP contribution in [0.5, 0.6) is 23.1 Å². The van der Waals surface area contributed by atoms with Crippen molar-refractivity contribution in [3.8, 4) is 34.9 Å². The molecular weight excluding hydrogens is 420 g/mol. The molecule has 1 atom stereocenters. The lowest BCUT2D eigenvalue weighted by Crippen LogP contribution is -2.22. The minimum Gasteiger partial charge on any atom is -0.493 e. The second-order valence-corrected chi connectivity index (χ2v) is 7.55. The van der Waals surface area contributed by atoms with Crippen LogP contribution in [0.4, 0.5) is 0 Å². The molecule has 1 aliphatic heterocycles. The van der Waals surface area contributed by atoms with Crippen LogP contribution in [0.15, 0.2) is 53.9 Å². The molecule has 2 heterocycles. The second-order valence-electron chi connectivity index (χ2n) is 7.55. The third-order valence-electron chi connectivity index (χ3n) is 5.63. The summed E-state index contributed by atoms with van der Waals surface area (Å²) in [7, 11) is 4.66. The van der Waals surface area contributed by atoms with Crippen molar-refractivity contribution in [1.29, 1.82) is 5.26 Å². The van der Waals surface area contributed by atoms with Crippen molar-refractivity contribution < 1.29 is 18.9 Å². The maximum Gasteiger partial charge on any atom is 0.229 e. The van der Waals surface area contributed by atoms with E-state index in [4.69, 9.17) is 29.8 Å². The largest absolute Gasteiger partial charge is 0.493 e. The smallest absolute Gasteiger partial charge is 0.229 e. The number of hydrogen-bond donors (Lipinski definition) is 1. The average Bonchev–Trinajstić information content (AvgIpc) is 3.20. The number of allylic oxidation sites excluding steroid dienone is 1. The Morgan fingerprint density at radius 3 is 2.30 bits per heavy atom. The number of ether oxygens (including phenoxy) is 4. The normalized spacial score (nSPS) is 14.8. The van der Waals surface area contributed by atoms with Gasteiger partial charge in [-0.05, 0) is 36.2 Å². The molecule has 8 nitrogen and oxygen atoms in total. The fraction of sp³-hybridized carbons (Fsp3) is 0.280. The number of nitrogens with zero attached hydrogens (tertiary/aromatic N) is 3. The maximum atomic E-state index is 10.0. The highest BCUT2D eigenvalue weighted by atomic mass is 16.5. The minimum atomic E-state index is -0.508. The Labute approximate surface area is 192 Å². The Kier molecular flexibility index (Phi) is 6.13. The predicted molar refractivity (Wildman–Crippen MR) is 123 cm³/mol. The lowest BCUT2D eigenvalue weighted by molar-refractivity contribution is 0.323. The molecule has 0 bridgehead atoms. The summed E-state index contributed by atoms with van der Waals surface area (Å²) in [5, 5.41) is 14.9. The Morgan fingerprint density at radius 1 is 1.09 bits per heavy atom. The average molecular weight is 447 g/mol. The van der Waals surface area contributed by atoms with Crippen molar-refractivity contribution in [2.45, 2.75) is 25.7 Å². The molecule has 0 unspecified atom stereocenters. The fourth-order valence-electron chi connectivity index (χ4n) is 4.18. The molecular formula is C25H26N4O4. The minimum absolute atomic E-state index is 0.0453. The zero-order valence-electron chi connectivity index (χ0n) is 19.1. The number of nitriles is 1. The van der Waals surface area contributed by atoms with Gasteiger partial charge in [0.25, 0.3) is 0 Å². The van der Waals surface area contributed by atoms with Crippen LogP contribution in [-0.4, -0.2) is 31.1 Å². The van der Waals surface area contributed by atoms with Crippen LogP contribution in [0.3, 0.4) is 0 Å². The third kappa shape index (κ3) is 3.72. The van der Waals surface area contributed by atoms with Crippen LogP contribution in [0, 0.1) is 11.3 Å². The van der Waals surface area contributed by atoms with Gasteiger partial charge in [-0.25, -0.2) is 4.68 Å². The van der Waals surface area contributed by atoms with Crippen molar-refractivity contribution in [1.82, 2.24) is 9.78 Å². The first-order valence-electron chi connectivity index (χ1n) is 10.6. The van der Waals surface area contributed by atoms with E-state index in [0.29, 0.717) is 35.1 Å². The molecule has 2 aromatic carbocycles. The summed E-state index contributed by atoms with van der Waals surface area (Å²) in [6.45, 7) is 2.08. The number of methoxy groups -OCH3 is 3. The first-order chi connectivity index (χ1) is 16.1. The molecule has 4 rings (SSSR count). The standard InChI is InChI=1S/C25H26N4O4/c1-5-9-18-22-21(15-12-19(30-2)23(32-4)20(13-15)31-3)17(14-26)24(27)33-25(22)29(28-18)16-10-7-6-8-11-16/h6-8,10-13,21H,5,9,27H2,1-4H3/t21-/m0/s1. The monoisotopic (exact) mass is 446 g/mol. The number of aromatic nitrogens is 2. The van der Waals surface area contributed by atoms with Crippen molar-refractivity contribution in [3.05, 3.63) is 70.7 Å². The van der Waals surface area contributed by atoms with E-state index in [0.717, 1.165) is 28.9 Å². The Balaban J connectivity index is 2.01. The molecule has 170 valence electrons. The van der Waals surface area contributed by atoms with Crippen molar-refractivity contribution in [2.24, 2.45) is 5.73 Å². The van der Waals surface area contributed by atoms with Gasteiger partial charge in [0.05, 0.1) is 44.2 Å². The third-order valence-corrected chi connectivity index (χ3v) is 5.63. The SMILES string of the molecule is CCCc1nn(-c2ccccc2)c2c1[C@@H](c1cc(OC)c(OC)c(OC)c1)C(C#N)=C(N)O2. The summed E-state index contributed by atoms with van der Waals surface area (Å²) in [6.07, 6.45) is 1.59. The first kappa shape index (κ1) is 22.1. The molecule has 2 N–H and O–H groups in total. The summed E-state index contributed by atoms with van der Waals surface area (Å²) >= 11 is 0. The van der Waals surface area contributed by atoms with Gasteiger partial charge in [0, 0.05) is 0 Å². The molecule has 8 heteroatoms. The van der Waals surface area contributed by atoms with Crippen LogP contribution < -0.4 is 24.7 Å². The predicted octanol–water partition coefficient (Wildman–Crippen LogP) is 4.07. The second kappa shape index (κ2) is 9.17. The van der Waals surface area contributed by atoms with Crippen LogP contribution in [-0.2, 0) is 6.42 Å². The summed E-state index contributed by atoms with van der Waals surface area (Å²) in [4.78, 5) is 0. The van der Waals surface area contributed by atoms with Crippen LogP contribution >= 0.6 is 0 Å². The molecule has 0 spiro atoms. The number of benzene rings is 2. The number of para-hydroxylation sites is 1. The molecule has 0 fully saturated rings. The van der Waals surface area contributed by atoms with E-state index in [9.17, 15) is 5.26 Å². The summed E-state index contributed by atoms with van der Waals surface area (Å²) in [5.41, 5.74) is 9.83. The van der Waals surface area contributed by atoms with Crippen LogP contribution in [0.1, 0.15) is 36.1 Å². The van der Waals surface area contributed by atoms with Crippen molar-refractivity contribution in [2.75, 3.05) is 21.3 Å². The van der Waals surface area contributed by atoms with E-state index in [1.807, 2.05) is 42.5 Å². The number of fused-ring (bicyclic) bond motifs is 1. The van der Waals surface area contributed by atoms with Crippen molar-refractivity contribution in [3.63, 3.8) is 0 Å². The summed E-state index contributed by atoms with van der Waals surface area (Å²) in [6, 6.07) is 15.6. The van der Waals surface area contributed by atoms with Gasteiger partial charge in [0.15, 0.2) is 11.5 Å². The summed E-state index contributed by atoms with van der Waals surface area (Å²) in [5.74, 6) is 1.49. The van der Waals surface area contributed by atoms with Gasteiger partial charge < -0.3 is 24.7 Å². The summed E-state index contributed by atoms with van der Waals surface area (Å²) < 4.78 is 24.3. The van der Waals surface area contributed by atoms with Gasteiger partial charge >= 0.3 is 0 Å². The lowest BCUT2D eigenvalue weighted by atomic mass is 9.83. The van der Waals surface area contributed by atoms with E-state index in [2.05, 4.69) is 13.0 Å². The number of aryl methyl sites for hydroxylation is 1. The molecule has 0 aliphatic carbocycles. The van der Waals surface area contributed by atoms with E-state index in [-0.39, 0.29) is 5.88 Å². The molecule has 3 aromatic rings. The quantitative estimate of drug-likeness (QED) is 0.583. The highest BCUT2D eigenvalue weighted by Crippen LogP contribution is 2.48. The lowest BCUT2D eigenvalue weighted by Gasteiger charge is -2.26. The highest BCUT2D eigenvalue weighted by molar-refractivity contribution is 5.62. The van der Waals surface area contributed by atoms with Gasteiger partial charge in [-0.1, -0.05) is 31.5 Å². The van der Waals surface area contributed by atoms with Crippen molar-refractivity contribution >= 4 is 0 Å². The van der Waals surface area contributed by atoms with Crippen LogP contribution in [0.2, 0.25) is 0 Å². The zero-order valence-corrected chi connectivity index (χ0v) is 19.1. The number of hydrogen-bond acceptors (Lipinski definition) is 7. The number of rotatable bonds is 7. The first-order valence-corrected chi connectivity index (χ1v) is 10.6. The van der Waals surface area contributed by atoms with E-state index in [1.54, 1.807) is 26.0 Å². The topological polar surface area (TPSA) is 105 Å². The van der Waals surface area contributed by atoms with Gasteiger partial charge in [0.1, 0.15) is 11.6 Å². The van der Waals surface area contributed by atoms with E-state index < -0.39 is 5.92 Å². The molecule has 33 heavy (non-hydrogen) atoms. The molecule has 0 saturated carbocycles. The molecule has 1 aromatic heterocycles. The Morgan fingerprint density at radius 2 is 1.76 bits per heavy atom. The molecule has 1 aliphatic rings. The molecule has 0 radical (unpaired) electrons.